The molecular formula is C10H10ClNO. The molecule has 1 rings (SSSR count). The highest BCUT2D eigenvalue weighted by Gasteiger charge is 1.98. The van der Waals surface area contributed by atoms with Gasteiger partial charge in [-0.25, -0.2) is 0 Å². The summed E-state index contributed by atoms with van der Waals surface area (Å²) in [5.41, 5.74) is 1.76. The number of alkyl halides is 1. The van der Waals surface area contributed by atoms with Gasteiger partial charge in [0.25, 0.3) is 0 Å². The average Bonchev–Trinajstić information content (AvgIpc) is 2.19. The fourth-order valence-electron chi connectivity index (χ4n) is 0.897. The first-order chi connectivity index (χ1) is 6.26. The van der Waals surface area contributed by atoms with Crippen LogP contribution in [0.25, 0.3) is 6.08 Å². The predicted molar refractivity (Wildman–Crippen MR) is 55.9 cm³/mol. The number of benzene rings is 1. The van der Waals surface area contributed by atoms with E-state index in [0.29, 0.717) is 0 Å². The van der Waals surface area contributed by atoms with Gasteiger partial charge in [0.2, 0.25) is 5.91 Å². The summed E-state index contributed by atoms with van der Waals surface area (Å²) in [6.45, 7) is 3.63. The lowest BCUT2D eigenvalue weighted by molar-refractivity contribution is -0.113. The van der Waals surface area contributed by atoms with Crippen LogP contribution in [0.3, 0.4) is 0 Å². The molecule has 1 amide bonds. The molecule has 0 fully saturated rings. The lowest BCUT2D eigenvalue weighted by Gasteiger charge is -2.02. The van der Waals surface area contributed by atoms with Gasteiger partial charge in [0.1, 0.15) is 5.88 Å². The lowest BCUT2D eigenvalue weighted by Crippen LogP contribution is -2.12. The minimum absolute atomic E-state index is 0.0246. The Morgan fingerprint density at radius 2 is 2.08 bits per heavy atom. The minimum Gasteiger partial charge on any atom is -0.325 e. The molecule has 13 heavy (non-hydrogen) atoms. The second-order valence-corrected chi connectivity index (χ2v) is 2.78. The van der Waals surface area contributed by atoms with Crippen molar-refractivity contribution in [2.45, 2.75) is 0 Å². The summed E-state index contributed by atoms with van der Waals surface area (Å²) in [4.78, 5) is 10.9. The number of nitrogens with one attached hydrogen (secondary N) is 1. The van der Waals surface area contributed by atoms with Crippen molar-refractivity contribution < 1.29 is 4.79 Å². The highest BCUT2D eigenvalue weighted by molar-refractivity contribution is 6.29. The van der Waals surface area contributed by atoms with Gasteiger partial charge in [0, 0.05) is 5.69 Å². The summed E-state index contributed by atoms with van der Waals surface area (Å²) in [6.07, 6.45) is 1.74. The van der Waals surface area contributed by atoms with Crippen LogP contribution in [0, 0.1) is 0 Å². The number of rotatable bonds is 3. The van der Waals surface area contributed by atoms with Crippen molar-refractivity contribution in [1.29, 1.82) is 0 Å². The van der Waals surface area contributed by atoms with E-state index in [1.165, 1.54) is 0 Å². The molecule has 0 aliphatic heterocycles. The van der Waals surface area contributed by atoms with Crippen LogP contribution in [0.2, 0.25) is 0 Å². The van der Waals surface area contributed by atoms with E-state index < -0.39 is 0 Å². The van der Waals surface area contributed by atoms with Crippen molar-refractivity contribution in [1.82, 2.24) is 0 Å². The Morgan fingerprint density at radius 3 is 2.54 bits per heavy atom. The molecule has 1 aromatic rings. The topological polar surface area (TPSA) is 29.1 Å². The van der Waals surface area contributed by atoms with E-state index in [1.54, 1.807) is 6.08 Å². The normalized spacial score (nSPS) is 9.31. The Bertz CT molecular complexity index is 305. The maximum Gasteiger partial charge on any atom is 0.239 e. The van der Waals surface area contributed by atoms with Crippen molar-refractivity contribution in [3.8, 4) is 0 Å². The first kappa shape index (κ1) is 9.81. The molecule has 0 spiro atoms. The van der Waals surface area contributed by atoms with E-state index in [0.717, 1.165) is 11.3 Å². The lowest BCUT2D eigenvalue weighted by atomic mass is 10.2. The van der Waals surface area contributed by atoms with Crippen LogP contribution in [0.1, 0.15) is 5.56 Å². The first-order valence-electron chi connectivity index (χ1n) is 3.84. The van der Waals surface area contributed by atoms with Gasteiger partial charge in [0.15, 0.2) is 0 Å². The van der Waals surface area contributed by atoms with E-state index in [1.807, 2.05) is 24.3 Å². The summed E-state index contributed by atoms with van der Waals surface area (Å²) in [6, 6.07) is 7.36. The number of hydrogen-bond acceptors (Lipinski definition) is 1. The fraction of sp³-hybridized carbons (Fsp3) is 0.100. The van der Waals surface area contributed by atoms with E-state index in [9.17, 15) is 4.79 Å². The first-order valence-corrected chi connectivity index (χ1v) is 4.38. The molecule has 0 atom stereocenters. The fourth-order valence-corrected chi connectivity index (χ4v) is 0.964. The Hall–Kier alpha value is -1.28. The molecule has 0 unspecified atom stereocenters. The molecule has 68 valence electrons. The van der Waals surface area contributed by atoms with Crippen LogP contribution in [0.15, 0.2) is 30.8 Å². The van der Waals surface area contributed by atoms with Crippen molar-refractivity contribution in [2.75, 3.05) is 11.2 Å². The Morgan fingerprint density at radius 1 is 1.46 bits per heavy atom. The molecule has 0 bridgehead atoms. The smallest absolute Gasteiger partial charge is 0.239 e. The quantitative estimate of drug-likeness (QED) is 0.738. The summed E-state index contributed by atoms with van der Waals surface area (Å²) < 4.78 is 0. The number of carbonyl (C=O) groups is 1. The Labute approximate surface area is 82.2 Å². The van der Waals surface area contributed by atoms with E-state index >= 15 is 0 Å². The van der Waals surface area contributed by atoms with Crippen LogP contribution in [0.4, 0.5) is 5.69 Å². The third-order valence-corrected chi connectivity index (χ3v) is 1.79. The molecule has 0 aliphatic carbocycles. The second-order valence-electron chi connectivity index (χ2n) is 2.51. The monoisotopic (exact) mass is 195 g/mol. The van der Waals surface area contributed by atoms with E-state index in [4.69, 9.17) is 11.6 Å². The van der Waals surface area contributed by atoms with Gasteiger partial charge >= 0.3 is 0 Å². The zero-order valence-electron chi connectivity index (χ0n) is 7.09. The molecule has 0 aliphatic rings. The van der Waals surface area contributed by atoms with Crippen molar-refractivity contribution >= 4 is 29.3 Å². The van der Waals surface area contributed by atoms with Crippen LogP contribution in [0.5, 0.6) is 0 Å². The summed E-state index contributed by atoms with van der Waals surface area (Å²) in [5, 5.41) is 2.64. The number of anilines is 1. The van der Waals surface area contributed by atoms with Gasteiger partial charge in [0.05, 0.1) is 0 Å². The van der Waals surface area contributed by atoms with Crippen LogP contribution < -0.4 is 5.32 Å². The second kappa shape index (κ2) is 4.67. The molecule has 2 nitrogen and oxygen atoms in total. The summed E-state index contributed by atoms with van der Waals surface area (Å²) in [7, 11) is 0. The molecule has 1 N–H and O–H groups in total. The summed E-state index contributed by atoms with van der Waals surface area (Å²) in [5.74, 6) is -0.226. The van der Waals surface area contributed by atoms with Crippen molar-refractivity contribution in [2.24, 2.45) is 0 Å². The maximum atomic E-state index is 10.9. The maximum absolute atomic E-state index is 10.9. The summed E-state index contributed by atoms with van der Waals surface area (Å²) >= 11 is 5.33. The molecule has 0 radical (unpaired) electrons. The van der Waals surface area contributed by atoms with Crippen molar-refractivity contribution in [3.05, 3.63) is 36.4 Å². The third-order valence-electron chi connectivity index (χ3n) is 1.55. The molecule has 0 saturated carbocycles. The van der Waals surface area contributed by atoms with Gasteiger partial charge in [-0.1, -0.05) is 24.8 Å². The van der Waals surface area contributed by atoms with Gasteiger partial charge in [-0.3, -0.25) is 4.79 Å². The standard InChI is InChI=1S/C10H10ClNO/c1-2-8-3-5-9(6-4-8)12-10(13)7-11/h2-6H,1,7H2,(H,12,13). The molecule has 3 heteroatoms. The largest absolute Gasteiger partial charge is 0.325 e. The number of hydrogen-bond donors (Lipinski definition) is 1. The predicted octanol–water partition coefficient (Wildman–Crippen LogP) is 2.51. The van der Waals surface area contributed by atoms with Gasteiger partial charge < -0.3 is 5.32 Å². The van der Waals surface area contributed by atoms with Crippen LogP contribution in [-0.2, 0) is 4.79 Å². The molecule has 0 heterocycles. The molecule has 1 aromatic carbocycles. The van der Waals surface area contributed by atoms with Gasteiger partial charge in [-0.15, -0.1) is 11.6 Å². The minimum atomic E-state index is -0.201. The highest BCUT2D eigenvalue weighted by atomic mass is 35.5. The Kier molecular flexibility index (Phi) is 3.53. The molecule has 0 aromatic heterocycles. The van der Waals surface area contributed by atoms with Gasteiger partial charge in [-0.05, 0) is 17.7 Å². The number of amides is 1. The SMILES string of the molecule is C=Cc1ccc(NC(=O)CCl)cc1. The molecule has 0 saturated heterocycles. The number of carbonyl (C=O) groups excluding carboxylic acids is 1. The van der Waals surface area contributed by atoms with Crippen LogP contribution >= 0.6 is 11.6 Å². The number of halogens is 1. The highest BCUT2D eigenvalue weighted by Crippen LogP contribution is 2.09. The van der Waals surface area contributed by atoms with Crippen LogP contribution in [-0.4, -0.2) is 11.8 Å². The van der Waals surface area contributed by atoms with E-state index in [2.05, 4.69) is 11.9 Å². The van der Waals surface area contributed by atoms with Gasteiger partial charge in [-0.2, -0.15) is 0 Å². The van der Waals surface area contributed by atoms with E-state index in [-0.39, 0.29) is 11.8 Å². The third kappa shape index (κ3) is 2.92. The van der Waals surface area contributed by atoms with Crippen molar-refractivity contribution in [3.63, 3.8) is 0 Å². The molecular weight excluding hydrogens is 186 g/mol. The Balaban J connectivity index is 2.69. The zero-order valence-corrected chi connectivity index (χ0v) is 7.84. The zero-order chi connectivity index (χ0) is 9.68. The average molecular weight is 196 g/mol.